The minimum Gasteiger partial charge on any atom is -0.0690 e. The van der Waals surface area contributed by atoms with Gasteiger partial charge in [-0.25, -0.2) is 0 Å². The second kappa shape index (κ2) is 3.95. The summed E-state index contributed by atoms with van der Waals surface area (Å²) in [7, 11) is 0. The molecule has 1 heterocycles. The first-order chi connectivity index (χ1) is 7.47. The molecule has 0 fully saturated rings. The van der Waals surface area contributed by atoms with Gasteiger partial charge in [0, 0.05) is 20.1 Å². The Balaban J connectivity index is 2.55. The van der Waals surface area contributed by atoms with Gasteiger partial charge in [0.1, 0.15) is 0 Å². The van der Waals surface area contributed by atoms with Gasteiger partial charge in [0.05, 0.1) is 0 Å². The number of thiophene rings is 1. The number of nitroso groups, excluding NO2 is 1. The van der Waals surface area contributed by atoms with Crippen LogP contribution in [0.25, 0.3) is 0 Å². The van der Waals surface area contributed by atoms with E-state index in [9.17, 15) is 4.91 Å². The van der Waals surface area contributed by atoms with Crippen LogP contribution in [0.5, 0.6) is 0 Å². The van der Waals surface area contributed by atoms with Crippen molar-refractivity contribution in [2.75, 3.05) is 6.54 Å². The quantitative estimate of drug-likeness (QED) is 0.710. The Morgan fingerprint density at radius 2 is 2.12 bits per heavy atom. The zero-order valence-corrected chi connectivity index (χ0v) is 11.4. The zero-order chi connectivity index (χ0) is 11.9. The maximum Gasteiger partial charge on any atom is 0.314 e. The van der Waals surface area contributed by atoms with E-state index < -0.39 is 0 Å². The SMILES string of the molecule is CC[N+](=O)c1sc2c(c1C)C(C)(C)CCC2. The van der Waals surface area contributed by atoms with Crippen LogP contribution in [0.2, 0.25) is 0 Å². The highest BCUT2D eigenvalue weighted by atomic mass is 32.1. The van der Waals surface area contributed by atoms with Crippen molar-refractivity contribution in [2.45, 2.75) is 52.4 Å². The number of aryl methyl sites for hydroxylation is 1. The lowest BCUT2D eigenvalue weighted by Crippen LogP contribution is -2.23. The molecule has 2 rings (SSSR count). The van der Waals surface area contributed by atoms with Gasteiger partial charge in [-0.05, 0) is 44.1 Å². The number of fused-ring (bicyclic) bond motifs is 1. The second-order valence-electron chi connectivity index (χ2n) is 5.26. The fraction of sp³-hybridized carbons (Fsp3) is 0.692. The van der Waals surface area contributed by atoms with Crippen LogP contribution in [0, 0.1) is 11.8 Å². The maximum absolute atomic E-state index is 11.8. The van der Waals surface area contributed by atoms with Crippen molar-refractivity contribution in [3.8, 4) is 0 Å². The average Bonchev–Trinajstić information content (AvgIpc) is 2.55. The van der Waals surface area contributed by atoms with Crippen molar-refractivity contribution in [1.82, 2.24) is 0 Å². The normalized spacial score (nSPS) is 18.2. The van der Waals surface area contributed by atoms with Crippen molar-refractivity contribution >= 4 is 16.3 Å². The standard InChI is InChI=1S/C13H20NOS/c1-5-14(15)12-9(2)11-10(16-12)7-6-8-13(11,3)4/h5-8H2,1-4H3/q+1. The van der Waals surface area contributed by atoms with Gasteiger partial charge in [-0.3, -0.25) is 0 Å². The van der Waals surface area contributed by atoms with Gasteiger partial charge in [0.15, 0.2) is 6.54 Å². The third-order valence-electron chi connectivity index (χ3n) is 3.59. The minimum absolute atomic E-state index is 0.251. The first-order valence-corrected chi connectivity index (χ1v) is 6.86. The molecule has 0 amide bonds. The van der Waals surface area contributed by atoms with E-state index >= 15 is 0 Å². The van der Waals surface area contributed by atoms with Crippen LogP contribution in [-0.4, -0.2) is 11.3 Å². The Labute approximate surface area is 101 Å². The highest BCUT2D eigenvalue weighted by Gasteiger charge is 2.35. The molecule has 2 nitrogen and oxygen atoms in total. The first-order valence-electron chi connectivity index (χ1n) is 6.04. The summed E-state index contributed by atoms with van der Waals surface area (Å²) in [4.78, 5) is 13.2. The summed E-state index contributed by atoms with van der Waals surface area (Å²) in [5.74, 6) is 0. The molecule has 0 saturated heterocycles. The van der Waals surface area contributed by atoms with Crippen LogP contribution in [0.1, 0.15) is 49.6 Å². The molecule has 0 N–H and O–H groups in total. The van der Waals surface area contributed by atoms with Crippen molar-refractivity contribution in [1.29, 1.82) is 0 Å². The lowest BCUT2D eigenvalue weighted by atomic mass is 9.74. The summed E-state index contributed by atoms with van der Waals surface area (Å²) >= 11 is 1.71. The Bertz CT molecular complexity index is 431. The van der Waals surface area contributed by atoms with E-state index in [0.29, 0.717) is 6.54 Å². The Morgan fingerprint density at radius 3 is 2.69 bits per heavy atom. The lowest BCUT2D eigenvalue weighted by Gasteiger charge is -2.30. The maximum atomic E-state index is 11.8. The third-order valence-corrected chi connectivity index (χ3v) is 4.95. The molecule has 0 spiro atoms. The summed E-state index contributed by atoms with van der Waals surface area (Å²) in [5, 5.41) is 0.933. The zero-order valence-electron chi connectivity index (χ0n) is 10.6. The molecule has 0 unspecified atom stereocenters. The summed E-state index contributed by atoms with van der Waals surface area (Å²) in [6, 6.07) is 0. The number of nitrogens with zero attached hydrogens (tertiary/aromatic N) is 1. The molecule has 0 aromatic carbocycles. The Hall–Kier alpha value is -0.700. The van der Waals surface area contributed by atoms with Gasteiger partial charge in [-0.15, -0.1) is 0 Å². The molecule has 0 atom stereocenters. The van der Waals surface area contributed by atoms with Crippen LogP contribution < -0.4 is 0 Å². The van der Waals surface area contributed by atoms with E-state index in [2.05, 4.69) is 20.8 Å². The molecular formula is C13H20NOS+. The van der Waals surface area contributed by atoms with E-state index in [4.69, 9.17) is 0 Å². The van der Waals surface area contributed by atoms with E-state index in [1.54, 1.807) is 11.3 Å². The fourth-order valence-corrected chi connectivity index (χ4v) is 4.32. The highest BCUT2D eigenvalue weighted by Crippen LogP contribution is 2.46. The molecule has 1 aliphatic rings. The molecule has 0 bridgehead atoms. The van der Waals surface area contributed by atoms with E-state index in [1.165, 1.54) is 28.8 Å². The highest BCUT2D eigenvalue weighted by molar-refractivity contribution is 7.15. The number of rotatable bonds is 2. The summed E-state index contributed by atoms with van der Waals surface area (Å²) in [5.41, 5.74) is 2.93. The van der Waals surface area contributed by atoms with Gasteiger partial charge >= 0.3 is 5.00 Å². The van der Waals surface area contributed by atoms with Gasteiger partial charge < -0.3 is 0 Å². The molecule has 16 heavy (non-hydrogen) atoms. The predicted molar refractivity (Wildman–Crippen MR) is 68.8 cm³/mol. The van der Waals surface area contributed by atoms with Gasteiger partial charge in [0.25, 0.3) is 0 Å². The summed E-state index contributed by atoms with van der Waals surface area (Å²) in [6.07, 6.45) is 3.65. The second-order valence-corrected chi connectivity index (χ2v) is 6.35. The van der Waals surface area contributed by atoms with Crippen LogP contribution in [0.3, 0.4) is 0 Å². The molecule has 1 aromatic rings. The molecule has 1 aromatic heterocycles. The molecule has 0 aliphatic heterocycles. The van der Waals surface area contributed by atoms with Crippen LogP contribution >= 0.6 is 11.3 Å². The Morgan fingerprint density at radius 1 is 1.44 bits per heavy atom. The van der Waals surface area contributed by atoms with E-state index in [-0.39, 0.29) is 5.41 Å². The molecule has 3 heteroatoms. The molecule has 0 saturated carbocycles. The fourth-order valence-electron chi connectivity index (χ4n) is 2.82. The van der Waals surface area contributed by atoms with E-state index in [1.807, 2.05) is 6.92 Å². The van der Waals surface area contributed by atoms with Crippen molar-refractivity contribution in [3.05, 3.63) is 20.9 Å². The largest absolute Gasteiger partial charge is 0.314 e. The van der Waals surface area contributed by atoms with Gasteiger partial charge in [-0.1, -0.05) is 25.2 Å². The Kier molecular flexibility index (Phi) is 2.91. The number of hydrogen-bond donors (Lipinski definition) is 0. The monoisotopic (exact) mass is 238 g/mol. The number of hydrogen-bond acceptors (Lipinski definition) is 2. The van der Waals surface area contributed by atoms with E-state index in [0.717, 1.165) is 16.2 Å². The molecule has 88 valence electrons. The third kappa shape index (κ3) is 1.71. The smallest absolute Gasteiger partial charge is 0.0690 e. The topological polar surface area (TPSA) is 20.1 Å². The average molecular weight is 238 g/mol. The minimum atomic E-state index is 0.251. The molecule has 0 radical (unpaired) electrons. The van der Waals surface area contributed by atoms with Crippen LogP contribution in [-0.2, 0) is 11.8 Å². The summed E-state index contributed by atoms with van der Waals surface area (Å²) in [6.45, 7) is 9.17. The van der Waals surface area contributed by atoms with Crippen molar-refractivity contribution in [3.63, 3.8) is 0 Å². The van der Waals surface area contributed by atoms with Gasteiger partial charge in [-0.2, -0.15) is 0 Å². The van der Waals surface area contributed by atoms with Gasteiger partial charge in [0.2, 0.25) is 0 Å². The van der Waals surface area contributed by atoms with Crippen LogP contribution in [0.4, 0.5) is 5.00 Å². The predicted octanol–water partition coefficient (Wildman–Crippen LogP) is 4.10. The molecule has 1 aliphatic carbocycles. The first kappa shape index (κ1) is 11.8. The molecular weight excluding hydrogens is 218 g/mol. The van der Waals surface area contributed by atoms with Crippen molar-refractivity contribution < 1.29 is 4.76 Å². The van der Waals surface area contributed by atoms with Crippen LogP contribution in [0.15, 0.2) is 0 Å². The lowest BCUT2D eigenvalue weighted by molar-refractivity contribution is -0.455. The summed E-state index contributed by atoms with van der Waals surface area (Å²) < 4.78 is 1.13. The van der Waals surface area contributed by atoms with Crippen molar-refractivity contribution in [2.24, 2.45) is 0 Å².